The minimum absolute atomic E-state index is 0.163. The van der Waals surface area contributed by atoms with Crippen molar-refractivity contribution in [1.29, 1.82) is 5.26 Å². The van der Waals surface area contributed by atoms with E-state index in [1.54, 1.807) is 0 Å². The van der Waals surface area contributed by atoms with Crippen LogP contribution in [0.4, 0.5) is 0 Å². The summed E-state index contributed by atoms with van der Waals surface area (Å²) in [4.78, 5) is 13.3. The van der Waals surface area contributed by atoms with E-state index in [1.165, 1.54) is 0 Å². The van der Waals surface area contributed by atoms with Gasteiger partial charge in [-0.3, -0.25) is 4.79 Å². The van der Waals surface area contributed by atoms with Crippen LogP contribution in [0.1, 0.15) is 52.9 Å². The van der Waals surface area contributed by atoms with E-state index < -0.39 is 5.97 Å². The first-order chi connectivity index (χ1) is 8.85. The van der Waals surface area contributed by atoms with Crippen molar-refractivity contribution in [3.05, 3.63) is 0 Å². The average molecular weight is 266 g/mol. The second-order valence-corrected chi connectivity index (χ2v) is 6.40. The lowest BCUT2D eigenvalue weighted by atomic mass is 9.88. The Labute approximate surface area is 116 Å². The van der Waals surface area contributed by atoms with Gasteiger partial charge in [0.2, 0.25) is 0 Å². The molecule has 0 radical (unpaired) electrons. The van der Waals surface area contributed by atoms with Gasteiger partial charge in [-0.15, -0.1) is 0 Å². The van der Waals surface area contributed by atoms with Crippen molar-refractivity contribution in [3.63, 3.8) is 0 Å². The molecule has 2 unspecified atom stereocenters. The standard InChI is InChI=1S/C15H26N2O2/c1-12-10-13(14(18)19)6-9-17(12)8-5-4-7-15(2,3)11-16/h12-13H,4-10H2,1-3H3,(H,18,19). The molecule has 1 heterocycles. The van der Waals surface area contributed by atoms with Crippen LogP contribution in [0.25, 0.3) is 0 Å². The van der Waals surface area contributed by atoms with Crippen molar-refractivity contribution in [1.82, 2.24) is 4.90 Å². The zero-order chi connectivity index (χ0) is 14.5. The quantitative estimate of drug-likeness (QED) is 0.751. The largest absolute Gasteiger partial charge is 0.481 e. The van der Waals surface area contributed by atoms with Gasteiger partial charge in [-0.1, -0.05) is 6.42 Å². The van der Waals surface area contributed by atoms with Gasteiger partial charge >= 0.3 is 5.97 Å². The van der Waals surface area contributed by atoms with Gasteiger partial charge in [-0.05, 0) is 59.5 Å². The Balaban J connectivity index is 2.25. The Kier molecular flexibility index (Phi) is 5.81. The third kappa shape index (κ3) is 5.20. The van der Waals surface area contributed by atoms with Crippen LogP contribution in [0.2, 0.25) is 0 Å². The average Bonchev–Trinajstić information content (AvgIpc) is 2.36. The monoisotopic (exact) mass is 266 g/mol. The lowest BCUT2D eigenvalue weighted by molar-refractivity contribution is -0.144. The Bertz CT molecular complexity index is 347. The molecule has 1 aliphatic rings. The minimum atomic E-state index is -0.651. The van der Waals surface area contributed by atoms with Gasteiger partial charge in [0.1, 0.15) is 0 Å². The molecule has 4 heteroatoms. The lowest BCUT2D eigenvalue weighted by Crippen LogP contribution is -2.43. The molecule has 0 amide bonds. The van der Waals surface area contributed by atoms with Gasteiger partial charge in [0.05, 0.1) is 17.4 Å². The number of carbonyl (C=O) groups is 1. The Morgan fingerprint density at radius 3 is 2.68 bits per heavy atom. The maximum Gasteiger partial charge on any atom is 0.306 e. The SMILES string of the molecule is CC1CC(C(=O)O)CCN1CCCCC(C)(C)C#N. The topological polar surface area (TPSA) is 64.3 Å². The van der Waals surface area contributed by atoms with Crippen molar-refractivity contribution in [2.45, 2.75) is 58.9 Å². The van der Waals surface area contributed by atoms with Crippen LogP contribution in [-0.2, 0) is 4.79 Å². The maximum absolute atomic E-state index is 11.0. The van der Waals surface area contributed by atoms with Gasteiger partial charge in [0, 0.05) is 6.04 Å². The Morgan fingerprint density at radius 1 is 1.47 bits per heavy atom. The second kappa shape index (κ2) is 6.91. The Hall–Kier alpha value is -1.08. The molecular formula is C15H26N2O2. The van der Waals surface area contributed by atoms with Crippen LogP contribution in [0.15, 0.2) is 0 Å². The van der Waals surface area contributed by atoms with Crippen LogP contribution in [-0.4, -0.2) is 35.1 Å². The molecule has 0 bridgehead atoms. The van der Waals surface area contributed by atoms with Crippen LogP contribution < -0.4 is 0 Å². The molecule has 1 rings (SSSR count). The van der Waals surface area contributed by atoms with Crippen molar-refractivity contribution in [2.24, 2.45) is 11.3 Å². The van der Waals surface area contributed by atoms with Gasteiger partial charge in [0.15, 0.2) is 0 Å². The molecule has 1 N–H and O–H groups in total. The summed E-state index contributed by atoms with van der Waals surface area (Å²) in [6.07, 6.45) is 4.62. The second-order valence-electron chi connectivity index (χ2n) is 6.40. The number of piperidine rings is 1. The molecule has 1 aliphatic heterocycles. The molecule has 1 fully saturated rings. The van der Waals surface area contributed by atoms with Crippen LogP contribution >= 0.6 is 0 Å². The molecule has 0 saturated carbocycles. The van der Waals surface area contributed by atoms with E-state index in [1.807, 2.05) is 13.8 Å². The maximum atomic E-state index is 11.0. The number of aliphatic carboxylic acids is 1. The van der Waals surface area contributed by atoms with E-state index in [4.69, 9.17) is 10.4 Å². The summed E-state index contributed by atoms with van der Waals surface area (Å²) < 4.78 is 0. The Morgan fingerprint density at radius 2 is 2.16 bits per heavy atom. The van der Waals surface area contributed by atoms with Crippen molar-refractivity contribution < 1.29 is 9.90 Å². The van der Waals surface area contributed by atoms with Crippen molar-refractivity contribution >= 4 is 5.97 Å². The predicted molar refractivity (Wildman–Crippen MR) is 74.6 cm³/mol. The molecule has 19 heavy (non-hydrogen) atoms. The first-order valence-electron chi connectivity index (χ1n) is 7.24. The number of hydrogen-bond donors (Lipinski definition) is 1. The fourth-order valence-corrected chi connectivity index (χ4v) is 2.71. The van der Waals surface area contributed by atoms with E-state index in [9.17, 15) is 4.79 Å². The molecule has 0 aromatic rings. The number of hydrogen-bond acceptors (Lipinski definition) is 3. The summed E-state index contributed by atoms with van der Waals surface area (Å²) in [7, 11) is 0. The summed E-state index contributed by atoms with van der Waals surface area (Å²) in [5, 5.41) is 18.0. The summed E-state index contributed by atoms with van der Waals surface area (Å²) in [6.45, 7) is 7.99. The van der Waals surface area contributed by atoms with E-state index in [2.05, 4.69) is 17.9 Å². The van der Waals surface area contributed by atoms with Gasteiger partial charge < -0.3 is 10.0 Å². The fraction of sp³-hybridized carbons (Fsp3) is 0.867. The van der Waals surface area contributed by atoms with E-state index in [0.29, 0.717) is 6.04 Å². The zero-order valence-electron chi connectivity index (χ0n) is 12.4. The summed E-state index contributed by atoms with van der Waals surface area (Å²) >= 11 is 0. The van der Waals surface area contributed by atoms with Crippen molar-refractivity contribution in [2.75, 3.05) is 13.1 Å². The van der Waals surface area contributed by atoms with E-state index >= 15 is 0 Å². The molecule has 0 spiro atoms. The van der Waals surface area contributed by atoms with Gasteiger partial charge in [-0.2, -0.15) is 5.26 Å². The summed E-state index contributed by atoms with van der Waals surface area (Å²) in [5.41, 5.74) is -0.220. The molecule has 0 aliphatic carbocycles. The van der Waals surface area contributed by atoms with Crippen LogP contribution in [0, 0.1) is 22.7 Å². The predicted octanol–water partition coefficient (Wildman–Crippen LogP) is 2.89. The molecule has 2 atom stereocenters. The third-order valence-electron chi connectivity index (χ3n) is 4.16. The molecule has 0 aromatic carbocycles. The summed E-state index contributed by atoms with van der Waals surface area (Å²) in [5.74, 6) is -0.814. The van der Waals surface area contributed by atoms with Gasteiger partial charge in [-0.25, -0.2) is 0 Å². The third-order valence-corrected chi connectivity index (χ3v) is 4.16. The highest BCUT2D eigenvalue weighted by molar-refractivity contribution is 5.70. The normalized spacial score (nSPS) is 24.9. The lowest BCUT2D eigenvalue weighted by Gasteiger charge is -2.36. The number of nitrogens with zero attached hydrogens (tertiary/aromatic N) is 2. The number of carboxylic acids is 1. The first kappa shape index (κ1) is 16.0. The first-order valence-corrected chi connectivity index (χ1v) is 7.24. The molecule has 1 saturated heterocycles. The van der Waals surface area contributed by atoms with Gasteiger partial charge in [0.25, 0.3) is 0 Å². The smallest absolute Gasteiger partial charge is 0.306 e. The molecular weight excluding hydrogens is 240 g/mol. The van der Waals surface area contributed by atoms with Crippen LogP contribution in [0.5, 0.6) is 0 Å². The van der Waals surface area contributed by atoms with E-state index in [-0.39, 0.29) is 11.3 Å². The minimum Gasteiger partial charge on any atom is -0.481 e. The van der Waals surface area contributed by atoms with Crippen LogP contribution in [0.3, 0.4) is 0 Å². The highest BCUT2D eigenvalue weighted by atomic mass is 16.4. The van der Waals surface area contributed by atoms with Crippen molar-refractivity contribution in [3.8, 4) is 6.07 Å². The fourth-order valence-electron chi connectivity index (χ4n) is 2.71. The highest BCUT2D eigenvalue weighted by Crippen LogP contribution is 2.25. The summed E-state index contributed by atoms with van der Waals surface area (Å²) in [6, 6.07) is 2.69. The number of nitriles is 1. The number of carboxylic acid groups (broad SMARTS) is 1. The number of rotatable bonds is 6. The highest BCUT2D eigenvalue weighted by Gasteiger charge is 2.29. The molecule has 4 nitrogen and oxygen atoms in total. The molecule has 0 aromatic heterocycles. The van der Waals surface area contributed by atoms with E-state index in [0.717, 1.165) is 45.2 Å². The number of likely N-dealkylation sites (tertiary alicyclic amines) is 1. The number of unbranched alkanes of at least 4 members (excludes halogenated alkanes) is 1. The zero-order valence-corrected chi connectivity index (χ0v) is 12.4. The molecule has 108 valence electrons.